The van der Waals surface area contributed by atoms with Gasteiger partial charge in [0.15, 0.2) is 0 Å². The van der Waals surface area contributed by atoms with Crippen molar-refractivity contribution >= 4 is 11.6 Å². The number of benzene rings is 1. The molecule has 4 nitrogen and oxygen atoms in total. The third-order valence-electron chi connectivity index (χ3n) is 4.78. The van der Waals surface area contributed by atoms with E-state index in [0.29, 0.717) is 0 Å². The molecule has 0 saturated carbocycles. The molecule has 0 saturated heterocycles. The summed E-state index contributed by atoms with van der Waals surface area (Å²) in [5.74, 6) is 0.384. The smallest absolute Gasteiger partial charge is 0.230 e. The van der Waals surface area contributed by atoms with E-state index in [1.807, 2.05) is 17.4 Å². The summed E-state index contributed by atoms with van der Waals surface area (Å²) in [5.41, 5.74) is 4.86. The van der Waals surface area contributed by atoms with Crippen LogP contribution >= 0.6 is 0 Å². The van der Waals surface area contributed by atoms with Gasteiger partial charge in [-0.1, -0.05) is 18.2 Å². The molecule has 0 aliphatic carbocycles. The first kappa shape index (κ1) is 12.6. The molecular formula is C17H19N3O. The third kappa shape index (κ3) is 1.97. The van der Waals surface area contributed by atoms with Gasteiger partial charge in [0.2, 0.25) is 5.91 Å². The zero-order valence-electron chi connectivity index (χ0n) is 12.2. The number of aryl methyl sites for hydroxylation is 2. The second-order valence-electron chi connectivity index (χ2n) is 6.09. The molecule has 0 spiro atoms. The molecule has 1 aromatic carbocycles. The van der Waals surface area contributed by atoms with Gasteiger partial charge in [-0.3, -0.25) is 4.79 Å². The van der Waals surface area contributed by atoms with E-state index in [1.165, 1.54) is 16.8 Å². The van der Waals surface area contributed by atoms with Gasteiger partial charge in [-0.25, -0.2) is 4.98 Å². The molecule has 0 radical (unpaired) electrons. The zero-order valence-corrected chi connectivity index (χ0v) is 12.2. The normalized spacial score (nSPS) is 20.2. The fourth-order valence-electron chi connectivity index (χ4n) is 3.67. The lowest BCUT2D eigenvalue weighted by molar-refractivity contribution is -0.122. The van der Waals surface area contributed by atoms with Crippen LogP contribution in [-0.4, -0.2) is 22.0 Å². The van der Waals surface area contributed by atoms with Crippen molar-refractivity contribution in [1.29, 1.82) is 0 Å². The molecule has 2 aliphatic rings. The number of rotatable bonds is 1. The first-order valence-electron chi connectivity index (χ1n) is 7.63. The Labute approximate surface area is 124 Å². The number of anilines is 1. The van der Waals surface area contributed by atoms with Gasteiger partial charge in [-0.05, 0) is 30.9 Å². The van der Waals surface area contributed by atoms with Crippen LogP contribution in [0.25, 0.3) is 0 Å². The van der Waals surface area contributed by atoms with Gasteiger partial charge in [0.25, 0.3) is 0 Å². The maximum Gasteiger partial charge on any atom is 0.230 e. The van der Waals surface area contributed by atoms with Crippen molar-refractivity contribution in [2.45, 2.75) is 32.7 Å². The van der Waals surface area contributed by atoms with Crippen LogP contribution in [0.3, 0.4) is 0 Å². The maximum atomic E-state index is 12.9. The minimum atomic E-state index is 0.0970. The Morgan fingerprint density at radius 1 is 1.33 bits per heavy atom. The van der Waals surface area contributed by atoms with Crippen LogP contribution in [0.1, 0.15) is 23.2 Å². The predicted octanol–water partition coefficient (Wildman–Crippen LogP) is 2.34. The summed E-state index contributed by atoms with van der Waals surface area (Å²) in [5, 5.41) is 0. The van der Waals surface area contributed by atoms with Crippen LogP contribution in [0, 0.1) is 12.8 Å². The fraction of sp³-hybridized carbons (Fsp3) is 0.412. The highest BCUT2D eigenvalue weighted by Gasteiger charge is 2.33. The molecule has 1 unspecified atom stereocenters. The Bertz CT molecular complexity index is 704. The molecule has 1 aromatic heterocycles. The third-order valence-corrected chi connectivity index (χ3v) is 4.78. The number of nitrogens with zero attached hydrogens (tertiary/aromatic N) is 3. The Morgan fingerprint density at radius 3 is 3.14 bits per heavy atom. The van der Waals surface area contributed by atoms with Gasteiger partial charge in [-0.15, -0.1) is 0 Å². The van der Waals surface area contributed by atoms with Gasteiger partial charge in [0, 0.05) is 43.0 Å². The highest BCUT2D eigenvalue weighted by Crippen LogP contribution is 2.34. The quantitative estimate of drug-likeness (QED) is 0.804. The van der Waals surface area contributed by atoms with Crippen LogP contribution in [0.15, 0.2) is 30.7 Å². The molecule has 2 aromatic rings. The summed E-state index contributed by atoms with van der Waals surface area (Å²) in [6.07, 6.45) is 6.47. The van der Waals surface area contributed by atoms with E-state index in [4.69, 9.17) is 0 Å². The van der Waals surface area contributed by atoms with Gasteiger partial charge >= 0.3 is 0 Å². The average Bonchev–Trinajstić information content (AvgIpc) is 3.13. The van der Waals surface area contributed by atoms with Crippen LogP contribution in [0.2, 0.25) is 0 Å². The predicted molar refractivity (Wildman–Crippen MR) is 81.3 cm³/mol. The van der Waals surface area contributed by atoms with Gasteiger partial charge < -0.3 is 9.47 Å². The highest BCUT2D eigenvalue weighted by molar-refractivity contribution is 5.98. The first-order chi connectivity index (χ1) is 10.2. The van der Waals surface area contributed by atoms with Crippen molar-refractivity contribution in [2.75, 3.05) is 11.4 Å². The van der Waals surface area contributed by atoms with E-state index in [1.54, 1.807) is 0 Å². The van der Waals surface area contributed by atoms with E-state index in [9.17, 15) is 4.79 Å². The minimum absolute atomic E-state index is 0.0970. The van der Waals surface area contributed by atoms with Crippen LogP contribution in [0.5, 0.6) is 0 Å². The summed E-state index contributed by atoms with van der Waals surface area (Å²) in [6, 6.07) is 6.33. The van der Waals surface area contributed by atoms with Crippen molar-refractivity contribution < 1.29 is 4.79 Å². The number of fused-ring (bicyclic) bond motifs is 2. The summed E-state index contributed by atoms with van der Waals surface area (Å²) in [4.78, 5) is 19.1. The summed E-state index contributed by atoms with van der Waals surface area (Å²) < 4.78 is 2.16. The molecular weight excluding hydrogens is 262 g/mol. The van der Waals surface area contributed by atoms with E-state index in [2.05, 4.69) is 34.7 Å². The lowest BCUT2D eigenvalue weighted by Gasteiger charge is -2.28. The van der Waals surface area contributed by atoms with E-state index < -0.39 is 0 Å². The van der Waals surface area contributed by atoms with Crippen molar-refractivity contribution in [3.05, 3.63) is 47.5 Å². The lowest BCUT2D eigenvalue weighted by atomic mass is 9.94. The Hall–Kier alpha value is -2.10. The molecule has 108 valence electrons. The van der Waals surface area contributed by atoms with Gasteiger partial charge in [0.05, 0.1) is 6.33 Å². The molecule has 0 fully saturated rings. The number of carbonyl (C=O) groups is 1. The topological polar surface area (TPSA) is 38.1 Å². The van der Waals surface area contributed by atoms with E-state index in [-0.39, 0.29) is 11.8 Å². The standard InChI is InChI=1S/C17H19N3O/c1-12-3-2-4-13-6-8-20(16(12)13)17(21)14-5-7-19-11-18-10-15(19)9-14/h2-4,10-11,14H,5-9H2,1H3. The average molecular weight is 281 g/mol. The number of amides is 1. The van der Waals surface area contributed by atoms with Crippen LogP contribution < -0.4 is 4.90 Å². The number of para-hydroxylation sites is 1. The molecule has 0 bridgehead atoms. The van der Waals surface area contributed by atoms with Crippen molar-refractivity contribution in [3.63, 3.8) is 0 Å². The number of aromatic nitrogens is 2. The van der Waals surface area contributed by atoms with E-state index >= 15 is 0 Å². The monoisotopic (exact) mass is 281 g/mol. The van der Waals surface area contributed by atoms with Crippen molar-refractivity contribution in [2.24, 2.45) is 5.92 Å². The van der Waals surface area contributed by atoms with Gasteiger partial charge in [0.1, 0.15) is 0 Å². The molecule has 1 amide bonds. The molecule has 21 heavy (non-hydrogen) atoms. The number of hydrogen-bond acceptors (Lipinski definition) is 2. The van der Waals surface area contributed by atoms with Crippen molar-refractivity contribution in [1.82, 2.24) is 9.55 Å². The maximum absolute atomic E-state index is 12.9. The minimum Gasteiger partial charge on any atom is -0.335 e. The molecule has 4 heteroatoms. The Morgan fingerprint density at radius 2 is 2.24 bits per heavy atom. The second kappa shape index (κ2) is 4.72. The highest BCUT2D eigenvalue weighted by atomic mass is 16.2. The lowest BCUT2D eigenvalue weighted by Crippen LogP contribution is -2.38. The Kier molecular flexibility index (Phi) is 2.84. The summed E-state index contributed by atoms with van der Waals surface area (Å²) in [6.45, 7) is 3.83. The Balaban J connectivity index is 1.61. The van der Waals surface area contributed by atoms with Crippen molar-refractivity contribution in [3.8, 4) is 0 Å². The largest absolute Gasteiger partial charge is 0.335 e. The number of hydrogen-bond donors (Lipinski definition) is 0. The molecule has 0 N–H and O–H groups in total. The van der Waals surface area contributed by atoms with E-state index in [0.717, 1.165) is 38.0 Å². The van der Waals surface area contributed by atoms with Gasteiger partial charge in [-0.2, -0.15) is 0 Å². The SMILES string of the molecule is Cc1cccc2c1N(C(=O)C1CCn3cncc3C1)CC2. The molecule has 3 heterocycles. The first-order valence-corrected chi connectivity index (χ1v) is 7.63. The van der Waals surface area contributed by atoms with Crippen LogP contribution in [-0.2, 0) is 24.2 Å². The molecule has 1 atom stereocenters. The summed E-state index contributed by atoms with van der Waals surface area (Å²) >= 11 is 0. The molecule has 2 aliphatic heterocycles. The number of carbonyl (C=O) groups excluding carboxylic acids is 1. The number of imidazole rings is 1. The van der Waals surface area contributed by atoms with Crippen LogP contribution in [0.4, 0.5) is 5.69 Å². The molecule has 4 rings (SSSR count). The summed E-state index contributed by atoms with van der Waals surface area (Å²) in [7, 11) is 0. The zero-order chi connectivity index (χ0) is 14.4. The fourth-order valence-corrected chi connectivity index (χ4v) is 3.67. The second-order valence-corrected chi connectivity index (χ2v) is 6.09.